The van der Waals surface area contributed by atoms with Gasteiger partial charge in [-0.1, -0.05) is 24.6 Å². The Morgan fingerprint density at radius 1 is 1.21 bits per heavy atom. The van der Waals surface area contributed by atoms with Crippen LogP contribution >= 0.6 is 0 Å². The zero-order valence-electron chi connectivity index (χ0n) is 8.51. The first-order chi connectivity index (χ1) is 6.86. The molecule has 1 N–H and O–H groups in total. The summed E-state index contributed by atoms with van der Waals surface area (Å²) in [6, 6.07) is 8.60. The molecule has 1 aliphatic carbocycles. The summed E-state index contributed by atoms with van der Waals surface area (Å²) in [6.07, 6.45) is 4.14. The van der Waals surface area contributed by atoms with Gasteiger partial charge in [0.1, 0.15) is 0 Å². The van der Waals surface area contributed by atoms with Crippen LogP contribution in [0.4, 0.5) is 0 Å². The lowest BCUT2D eigenvalue weighted by atomic mass is 9.81. The fourth-order valence-corrected chi connectivity index (χ4v) is 2.41. The Morgan fingerprint density at radius 3 is 2.64 bits per heavy atom. The van der Waals surface area contributed by atoms with Gasteiger partial charge in [0.2, 0.25) is 0 Å². The molecule has 0 atom stereocenters. The smallest absolute Gasteiger partial charge is 0.0458 e. The van der Waals surface area contributed by atoms with E-state index in [1.54, 1.807) is 0 Å². The van der Waals surface area contributed by atoms with Crippen molar-refractivity contribution in [1.29, 1.82) is 0 Å². The largest absolute Gasteiger partial charge is 0.358 e. The van der Waals surface area contributed by atoms with Gasteiger partial charge < -0.3 is 4.98 Å². The molecule has 0 aliphatic heterocycles. The lowest BCUT2D eigenvalue weighted by molar-refractivity contribution is 0.411. The maximum atomic E-state index is 3.57. The molecule has 0 spiro atoms. The number of nitrogens with one attached hydrogen (secondary N) is 1. The lowest BCUT2D eigenvalue weighted by Gasteiger charge is -2.25. The highest BCUT2D eigenvalue weighted by Crippen LogP contribution is 2.39. The zero-order valence-corrected chi connectivity index (χ0v) is 8.51. The van der Waals surface area contributed by atoms with Gasteiger partial charge in [-0.3, -0.25) is 0 Å². The molecule has 0 amide bonds. The second-order valence-electron chi connectivity index (χ2n) is 4.34. The van der Waals surface area contributed by atoms with E-state index < -0.39 is 0 Å². The van der Waals surface area contributed by atoms with Crippen molar-refractivity contribution in [1.82, 2.24) is 4.98 Å². The van der Waals surface area contributed by atoms with Crippen molar-refractivity contribution in [2.45, 2.75) is 32.1 Å². The minimum Gasteiger partial charge on any atom is -0.358 e. The number of para-hydroxylation sites is 1. The summed E-state index contributed by atoms with van der Waals surface area (Å²) in [5.74, 6) is 0.808. The molecule has 0 unspecified atom stereocenters. The van der Waals surface area contributed by atoms with E-state index in [4.69, 9.17) is 0 Å². The molecule has 1 aromatic heterocycles. The SMILES string of the molecule is Cc1c(C2CCC2)[nH]c2ccccc12. The topological polar surface area (TPSA) is 15.8 Å². The number of benzene rings is 1. The second kappa shape index (κ2) is 2.88. The molecule has 14 heavy (non-hydrogen) atoms. The van der Waals surface area contributed by atoms with Gasteiger partial charge in [-0.2, -0.15) is 0 Å². The number of aromatic amines is 1. The van der Waals surface area contributed by atoms with Crippen molar-refractivity contribution in [3.05, 3.63) is 35.5 Å². The standard InChI is InChI=1S/C13H15N/c1-9-11-7-2-3-8-12(11)14-13(9)10-5-4-6-10/h2-3,7-8,10,14H,4-6H2,1H3. The van der Waals surface area contributed by atoms with E-state index in [2.05, 4.69) is 36.2 Å². The number of aromatic nitrogens is 1. The maximum Gasteiger partial charge on any atom is 0.0458 e. The first-order valence-corrected chi connectivity index (χ1v) is 5.43. The molecule has 72 valence electrons. The minimum atomic E-state index is 0.808. The van der Waals surface area contributed by atoms with Crippen LogP contribution in [0.1, 0.15) is 36.4 Å². The van der Waals surface area contributed by atoms with Crippen LogP contribution in [0.3, 0.4) is 0 Å². The number of H-pyrrole nitrogens is 1. The summed E-state index contributed by atoms with van der Waals surface area (Å²) in [4.78, 5) is 3.57. The number of hydrogen-bond acceptors (Lipinski definition) is 0. The van der Waals surface area contributed by atoms with E-state index in [0.717, 1.165) is 5.92 Å². The van der Waals surface area contributed by atoms with Gasteiger partial charge in [-0.05, 0) is 37.3 Å². The summed E-state index contributed by atoms with van der Waals surface area (Å²) < 4.78 is 0. The Hall–Kier alpha value is -1.24. The molecule has 1 saturated carbocycles. The normalized spacial score (nSPS) is 17.2. The Kier molecular flexibility index (Phi) is 1.66. The monoisotopic (exact) mass is 185 g/mol. The van der Waals surface area contributed by atoms with E-state index in [1.165, 1.54) is 41.4 Å². The molecule has 0 bridgehead atoms. The Balaban J connectivity index is 2.19. The van der Waals surface area contributed by atoms with Crippen molar-refractivity contribution in [3.8, 4) is 0 Å². The fourth-order valence-electron chi connectivity index (χ4n) is 2.41. The number of fused-ring (bicyclic) bond motifs is 1. The van der Waals surface area contributed by atoms with Gasteiger partial charge >= 0.3 is 0 Å². The van der Waals surface area contributed by atoms with Gasteiger partial charge in [0.15, 0.2) is 0 Å². The van der Waals surface area contributed by atoms with Crippen LogP contribution in [-0.4, -0.2) is 4.98 Å². The number of aryl methyl sites for hydroxylation is 1. The molecule has 0 saturated heterocycles. The van der Waals surface area contributed by atoms with Crippen LogP contribution in [0, 0.1) is 6.92 Å². The van der Waals surface area contributed by atoms with E-state index in [1.807, 2.05) is 0 Å². The van der Waals surface area contributed by atoms with Crippen LogP contribution in [0.25, 0.3) is 10.9 Å². The Bertz CT molecular complexity index is 463. The van der Waals surface area contributed by atoms with Gasteiger partial charge in [0, 0.05) is 16.6 Å². The molecule has 3 rings (SSSR count). The van der Waals surface area contributed by atoms with E-state index in [-0.39, 0.29) is 0 Å². The first-order valence-electron chi connectivity index (χ1n) is 5.43. The van der Waals surface area contributed by atoms with Crippen LogP contribution in [0.2, 0.25) is 0 Å². The Labute approximate surface area is 84.1 Å². The van der Waals surface area contributed by atoms with Crippen LogP contribution < -0.4 is 0 Å². The quantitative estimate of drug-likeness (QED) is 0.696. The van der Waals surface area contributed by atoms with Gasteiger partial charge in [0.05, 0.1) is 0 Å². The van der Waals surface area contributed by atoms with Crippen molar-refractivity contribution in [2.75, 3.05) is 0 Å². The van der Waals surface area contributed by atoms with Crippen LogP contribution in [-0.2, 0) is 0 Å². The third kappa shape index (κ3) is 1.02. The highest BCUT2D eigenvalue weighted by atomic mass is 14.7. The van der Waals surface area contributed by atoms with Crippen molar-refractivity contribution < 1.29 is 0 Å². The predicted octanol–water partition coefficient (Wildman–Crippen LogP) is 3.74. The molecular weight excluding hydrogens is 170 g/mol. The number of hydrogen-bond donors (Lipinski definition) is 1. The third-order valence-corrected chi connectivity index (χ3v) is 3.52. The van der Waals surface area contributed by atoms with E-state index in [0.29, 0.717) is 0 Å². The van der Waals surface area contributed by atoms with Gasteiger partial charge in [0.25, 0.3) is 0 Å². The molecule has 2 aromatic rings. The Morgan fingerprint density at radius 2 is 2.00 bits per heavy atom. The van der Waals surface area contributed by atoms with Crippen molar-refractivity contribution in [2.24, 2.45) is 0 Å². The molecule has 1 heterocycles. The fraction of sp³-hybridized carbons (Fsp3) is 0.385. The summed E-state index contributed by atoms with van der Waals surface area (Å²) >= 11 is 0. The molecule has 1 fully saturated rings. The summed E-state index contributed by atoms with van der Waals surface area (Å²) in [6.45, 7) is 2.24. The average molecular weight is 185 g/mol. The third-order valence-electron chi connectivity index (χ3n) is 3.52. The predicted molar refractivity (Wildman–Crippen MR) is 59.6 cm³/mol. The highest BCUT2D eigenvalue weighted by Gasteiger charge is 2.23. The zero-order chi connectivity index (χ0) is 9.54. The molecule has 1 aromatic carbocycles. The molecule has 0 radical (unpaired) electrons. The lowest BCUT2D eigenvalue weighted by Crippen LogP contribution is -2.09. The average Bonchev–Trinajstić information content (AvgIpc) is 2.43. The second-order valence-corrected chi connectivity index (χ2v) is 4.34. The minimum absolute atomic E-state index is 0.808. The van der Waals surface area contributed by atoms with Gasteiger partial charge in [-0.15, -0.1) is 0 Å². The van der Waals surface area contributed by atoms with Crippen molar-refractivity contribution >= 4 is 10.9 Å². The van der Waals surface area contributed by atoms with Crippen LogP contribution in [0.15, 0.2) is 24.3 Å². The van der Waals surface area contributed by atoms with Crippen molar-refractivity contribution in [3.63, 3.8) is 0 Å². The molecule has 1 aliphatic rings. The van der Waals surface area contributed by atoms with E-state index >= 15 is 0 Å². The van der Waals surface area contributed by atoms with E-state index in [9.17, 15) is 0 Å². The summed E-state index contributed by atoms with van der Waals surface area (Å²) in [5.41, 5.74) is 4.25. The molecule has 1 nitrogen and oxygen atoms in total. The molecular formula is C13H15N. The first kappa shape index (κ1) is 8.10. The maximum absolute atomic E-state index is 3.57. The van der Waals surface area contributed by atoms with Gasteiger partial charge in [-0.25, -0.2) is 0 Å². The summed E-state index contributed by atoms with van der Waals surface area (Å²) in [7, 11) is 0. The number of rotatable bonds is 1. The van der Waals surface area contributed by atoms with Crippen LogP contribution in [0.5, 0.6) is 0 Å². The summed E-state index contributed by atoms with van der Waals surface area (Å²) in [5, 5.41) is 1.40. The molecule has 1 heteroatoms. The highest BCUT2D eigenvalue weighted by molar-refractivity contribution is 5.84.